The van der Waals surface area contributed by atoms with Gasteiger partial charge in [-0.15, -0.1) is 0 Å². The quantitative estimate of drug-likeness (QED) is 0.115. The molecule has 4 aliphatic carbocycles. The lowest BCUT2D eigenvalue weighted by Crippen LogP contribution is -2.67. The maximum Gasteiger partial charge on any atom is 0.397 e. The minimum atomic E-state index is -4.82. The van der Waals surface area contributed by atoms with E-state index < -0.39 is 64.8 Å². The molecule has 48 heavy (non-hydrogen) atoms. The molecule has 12 heteroatoms. The van der Waals surface area contributed by atoms with Crippen molar-refractivity contribution in [3.63, 3.8) is 0 Å². The number of hydrogen-bond donors (Lipinski definition) is 6. The lowest BCUT2D eigenvalue weighted by molar-refractivity contribution is -0.331. The van der Waals surface area contributed by atoms with E-state index in [4.69, 9.17) is 14.0 Å². The van der Waals surface area contributed by atoms with Gasteiger partial charge in [-0.1, -0.05) is 46.3 Å². The van der Waals surface area contributed by atoms with Gasteiger partial charge in [0.15, 0.2) is 6.29 Å². The maximum atomic E-state index is 12.0. The zero-order valence-corrected chi connectivity index (χ0v) is 30.9. The second-order valence-corrected chi connectivity index (χ2v) is 18.9. The van der Waals surface area contributed by atoms with Gasteiger partial charge in [0.25, 0.3) is 0 Å². The van der Waals surface area contributed by atoms with E-state index in [9.17, 15) is 34.0 Å². The SMILES string of the molecule is CC(C)=CCC[C@](C)(O)C1CC[C@]2(C)C1[C@H](O)CC1[C@@]3(C)CC[C@H](O[C@@H]4O[C@H](COS(=O)(=O)O)[C@@H](O)[C@H](O)[C@H]4O)C(C)(C)C3CC[C@]12C. The van der Waals surface area contributed by atoms with Crippen LogP contribution < -0.4 is 0 Å². The third-order valence-corrected chi connectivity index (χ3v) is 15.1. The zero-order chi connectivity index (χ0) is 35.8. The summed E-state index contributed by atoms with van der Waals surface area (Å²) in [5, 5.41) is 55.6. The molecule has 5 fully saturated rings. The molecule has 0 radical (unpaired) electrons. The fraction of sp³-hybridized carbons (Fsp3) is 0.944. The smallest absolute Gasteiger partial charge is 0.393 e. The van der Waals surface area contributed by atoms with E-state index in [-0.39, 0.29) is 46.0 Å². The molecule has 11 nitrogen and oxygen atoms in total. The molecule has 5 aliphatic rings. The molecule has 1 heterocycles. The minimum absolute atomic E-state index is 0.0257. The van der Waals surface area contributed by atoms with Crippen LogP contribution in [0.25, 0.3) is 0 Å². The van der Waals surface area contributed by atoms with Crippen molar-refractivity contribution in [3.05, 3.63) is 11.6 Å². The summed E-state index contributed by atoms with van der Waals surface area (Å²) in [6.07, 6.45) is 1.17. The second-order valence-electron chi connectivity index (χ2n) is 17.8. The lowest BCUT2D eigenvalue weighted by Gasteiger charge is -2.70. The molecule has 4 saturated carbocycles. The molecule has 0 spiro atoms. The van der Waals surface area contributed by atoms with E-state index in [2.05, 4.69) is 58.7 Å². The van der Waals surface area contributed by atoms with Gasteiger partial charge in [-0.3, -0.25) is 4.55 Å². The van der Waals surface area contributed by atoms with Gasteiger partial charge in [-0.05, 0) is 124 Å². The Hall–Kier alpha value is -0.670. The first kappa shape index (κ1) is 38.6. The first-order chi connectivity index (χ1) is 22.0. The number of fused-ring (bicyclic) bond motifs is 5. The molecule has 0 bridgehead atoms. The van der Waals surface area contributed by atoms with Crippen LogP contribution in [0.15, 0.2) is 11.6 Å². The van der Waals surface area contributed by atoms with E-state index in [1.54, 1.807) is 0 Å². The molecule has 1 aliphatic heterocycles. The Morgan fingerprint density at radius 3 is 2.19 bits per heavy atom. The average molecular weight is 703 g/mol. The molecule has 278 valence electrons. The maximum absolute atomic E-state index is 12.0. The predicted molar refractivity (Wildman–Crippen MR) is 179 cm³/mol. The van der Waals surface area contributed by atoms with Crippen LogP contribution in [-0.2, 0) is 24.1 Å². The van der Waals surface area contributed by atoms with Crippen molar-refractivity contribution in [1.29, 1.82) is 0 Å². The molecular weight excluding hydrogens is 640 g/mol. The van der Waals surface area contributed by atoms with E-state index in [0.717, 1.165) is 38.5 Å². The van der Waals surface area contributed by atoms with Gasteiger partial charge in [-0.2, -0.15) is 8.42 Å². The number of allylic oxidation sites excluding steroid dienone is 2. The van der Waals surface area contributed by atoms with Gasteiger partial charge >= 0.3 is 10.4 Å². The topological polar surface area (TPSA) is 183 Å². The van der Waals surface area contributed by atoms with Crippen LogP contribution in [0, 0.1) is 45.3 Å². The van der Waals surface area contributed by atoms with Crippen LogP contribution >= 0.6 is 0 Å². The zero-order valence-electron chi connectivity index (χ0n) is 30.1. The highest BCUT2D eigenvalue weighted by Crippen LogP contribution is 2.76. The standard InChI is InChI=1S/C36H62O11S/c1-20(2)10-9-14-36(8,41)21-11-16-35(7)27(21)22(37)18-25-33(5)15-13-26(32(3,4)24(33)12-17-34(25,35)6)47-31-30(40)29(39)28(38)23(46-31)19-45-48(42,43)44/h10,21-31,37-41H,9,11-19H2,1-8H3,(H,42,43,44)/t21?,22-,23-,24?,25?,26+,27?,28-,29+,30-,31+,33+,34-,35-,36+/m1/s1. The summed E-state index contributed by atoms with van der Waals surface area (Å²) in [6, 6.07) is 0. The summed E-state index contributed by atoms with van der Waals surface area (Å²) in [6.45, 7) is 16.9. The first-order valence-electron chi connectivity index (χ1n) is 18.0. The summed E-state index contributed by atoms with van der Waals surface area (Å²) >= 11 is 0. The fourth-order valence-corrected chi connectivity index (χ4v) is 12.3. The monoisotopic (exact) mass is 702 g/mol. The van der Waals surface area contributed by atoms with Crippen molar-refractivity contribution in [2.45, 2.75) is 162 Å². The summed E-state index contributed by atoms with van der Waals surface area (Å²) in [5.41, 5.74) is -0.264. The molecule has 4 unspecified atom stereocenters. The van der Waals surface area contributed by atoms with Crippen molar-refractivity contribution >= 4 is 10.4 Å². The highest BCUT2D eigenvalue weighted by atomic mass is 32.3. The number of aliphatic hydroxyl groups excluding tert-OH is 4. The molecule has 0 aromatic rings. The van der Waals surface area contributed by atoms with Gasteiger partial charge in [-0.25, -0.2) is 4.18 Å². The number of aliphatic hydroxyl groups is 5. The van der Waals surface area contributed by atoms with E-state index in [1.165, 1.54) is 5.57 Å². The molecule has 15 atom stereocenters. The Morgan fingerprint density at radius 1 is 0.917 bits per heavy atom. The third-order valence-electron chi connectivity index (χ3n) is 14.7. The molecule has 6 N–H and O–H groups in total. The van der Waals surface area contributed by atoms with Crippen LogP contribution in [0.3, 0.4) is 0 Å². The summed E-state index contributed by atoms with van der Waals surface area (Å²) in [7, 11) is -4.82. The van der Waals surface area contributed by atoms with E-state index >= 15 is 0 Å². The van der Waals surface area contributed by atoms with Gasteiger partial charge < -0.3 is 35.0 Å². The Labute approximate surface area is 287 Å². The van der Waals surface area contributed by atoms with Crippen molar-refractivity contribution in [3.8, 4) is 0 Å². The summed E-state index contributed by atoms with van der Waals surface area (Å²) in [5.74, 6) is 0.533. The predicted octanol–water partition coefficient (Wildman–Crippen LogP) is 4.15. The highest BCUT2D eigenvalue weighted by molar-refractivity contribution is 7.80. The van der Waals surface area contributed by atoms with Gasteiger partial charge in [0, 0.05) is 0 Å². The van der Waals surface area contributed by atoms with Gasteiger partial charge in [0.2, 0.25) is 0 Å². The van der Waals surface area contributed by atoms with E-state index in [0.29, 0.717) is 19.3 Å². The Kier molecular flexibility index (Phi) is 10.5. The summed E-state index contributed by atoms with van der Waals surface area (Å²) in [4.78, 5) is 0. The van der Waals surface area contributed by atoms with Gasteiger partial charge in [0.1, 0.15) is 24.4 Å². The molecule has 5 rings (SSSR count). The number of ether oxygens (including phenoxy) is 2. The Bertz CT molecular complexity index is 1310. The second kappa shape index (κ2) is 13.1. The number of rotatable bonds is 9. The minimum Gasteiger partial charge on any atom is -0.393 e. The normalized spacial score (nSPS) is 48.5. The molecule has 0 amide bonds. The van der Waals surface area contributed by atoms with Crippen molar-refractivity contribution < 1.29 is 52.2 Å². The lowest BCUT2D eigenvalue weighted by atomic mass is 9.35. The largest absolute Gasteiger partial charge is 0.397 e. The number of hydrogen-bond acceptors (Lipinski definition) is 10. The average Bonchev–Trinajstić information content (AvgIpc) is 3.35. The molecule has 0 aromatic carbocycles. The van der Waals surface area contributed by atoms with Gasteiger partial charge in [0.05, 0.1) is 24.4 Å². The van der Waals surface area contributed by atoms with Crippen LogP contribution in [-0.4, -0.2) is 93.6 Å². The fourth-order valence-electron chi connectivity index (χ4n) is 12.0. The van der Waals surface area contributed by atoms with Crippen LogP contribution in [0.1, 0.15) is 113 Å². The Balaban J connectivity index is 1.35. The van der Waals surface area contributed by atoms with Crippen molar-refractivity contribution in [2.24, 2.45) is 45.3 Å². The Morgan fingerprint density at radius 2 is 1.56 bits per heavy atom. The molecular formula is C36H62O11S. The first-order valence-corrected chi connectivity index (χ1v) is 19.4. The van der Waals surface area contributed by atoms with Crippen LogP contribution in [0.4, 0.5) is 0 Å². The highest BCUT2D eigenvalue weighted by Gasteiger charge is 2.71. The summed E-state index contributed by atoms with van der Waals surface area (Å²) < 4.78 is 47.8. The molecule has 1 saturated heterocycles. The van der Waals surface area contributed by atoms with E-state index in [1.807, 2.05) is 6.92 Å². The van der Waals surface area contributed by atoms with Crippen LogP contribution in [0.5, 0.6) is 0 Å². The third kappa shape index (κ3) is 6.47. The van der Waals surface area contributed by atoms with Crippen molar-refractivity contribution in [1.82, 2.24) is 0 Å². The van der Waals surface area contributed by atoms with Crippen LogP contribution in [0.2, 0.25) is 0 Å². The van der Waals surface area contributed by atoms with Crippen molar-refractivity contribution in [2.75, 3.05) is 6.61 Å². The molecule has 0 aromatic heterocycles.